The number of nitrogens with one attached hydrogen (secondary N) is 1. The van der Waals surface area contributed by atoms with Crippen molar-refractivity contribution in [3.63, 3.8) is 0 Å². The first-order chi connectivity index (χ1) is 12.8. The maximum Gasteiger partial charge on any atom is 0.335 e. The molecule has 0 radical (unpaired) electrons. The molecule has 1 aliphatic heterocycles. The van der Waals surface area contributed by atoms with Gasteiger partial charge in [0.1, 0.15) is 6.04 Å². The molecule has 2 atom stereocenters. The highest BCUT2D eigenvalue weighted by atomic mass is 16.4. The normalized spacial score (nSPS) is 19.6. The van der Waals surface area contributed by atoms with Crippen LogP contribution in [0.5, 0.6) is 0 Å². The third kappa shape index (κ3) is 3.44. The summed E-state index contributed by atoms with van der Waals surface area (Å²) in [6.07, 6.45) is 0. The number of nitrogens with zero attached hydrogens (tertiary/aromatic N) is 1. The van der Waals surface area contributed by atoms with Gasteiger partial charge in [0.25, 0.3) is 5.91 Å². The van der Waals surface area contributed by atoms with Crippen molar-refractivity contribution in [1.29, 1.82) is 0 Å². The Balaban J connectivity index is 1.96. The number of hydrogen-bond acceptors (Lipinski definition) is 5. The maximum atomic E-state index is 12.8. The summed E-state index contributed by atoms with van der Waals surface area (Å²) >= 11 is 0. The number of carbonyl (C=O) groups is 4. The highest BCUT2D eigenvalue weighted by Crippen LogP contribution is 2.21. The first-order valence-corrected chi connectivity index (χ1v) is 8.06. The number of hydrogen-bond donors (Lipinski definition) is 4. The first-order valence-electron chi connectivity index (χ1n) is 8.06. The van der Waals surface area contributed by atoms with E-state index in [4.69, 9.17) is 5.11 Å². The molecule has 0 aliphatic carbocycles. The van der Waals surface area contributed by atoms with E-state index in [1.54, 1.807) is 12.1 Å². The second-order valence-corrected chi connectivity index (χ2v) is 6.13. The second kappa shape index (κ2) is 7.04. The molecular formula is C18H16N2O7. The highest BCUT2D eigenvalue weighted by Gasteiger charge is 2.43. The van der Waals surface area contributed by atoms with Crippen molar-refractivity contribution in [3.8, 4) is 0 Å². The lowest BCUT2D eigenvalue weighted by Crippen LogP contribution is -2.65. The Kier molecular flexibility index (Phi) is 4.78. The fraction of sp³-hybridized carbons (Fsp3) is 0.222. The summed E-state index contributed by atoms with van der Waals surface area (Å²) in [5, 5.41) is 31.5. The van der Waals surface area contributed by atoms with Crippen molar-refractivity contribution in [2.45, 2.75) is 12.1 Å². The lowest BCUT2D eigenvalue weighted by atomic mass is 10.00. The number of benzene rings is 2. The van der Waals surface area contributed by atoms with Crippen molar-refractivity contribution in [2.24, 2.45) is 0 Å². The van der Waals surface area contributed by atoms with Crippen LogP contribution in [-0.2, 0) is 9.59 Å². The van der Waals surface area contributed by atoms with Crippen LogP contribution < -0.4 is 5.32 Å². The number of aliphatic carboxylic acids is 2. The molecule has 2 aromatic carbocycles. The van der Waals surface area contributed by atoms with Gasteiger partial charge in [-0.2, -0.15) is 0 Å². The summed E-state index contributed by atoms with van der Waals surface area (Å²) in [5.41, 5.74) is 0.307. The van der Waals surface area contributed by atoms with Gasteiger partial charge in [0.05, 0.1) is 5.56 Å². The fourth-order valence-electron chi connectivity index (χ4n) is 3.17. The standard InChI is InChI=1S/C18H16N2O7/c21-15(20-6-5-19-13(17(24)25)14(20)18(26)27)11-3-1-10-8-12(16(22)23)4-2-9(10)7-11/h1-4,7-8,13-14,19H,5-6H2,(H,22,23)(H,24,25)(H,26,27)/t13-,14+/m0/s1. The second-order valence-electron chi connectivity index (χ2n) is 6.13. The molecule has 3 rings (SSSR count). The number of carboxylic acid groups (broad SMARTS) is 3. The molecule has 9 heteroatoms. The van der Waals surface area contributed by atoms with Crippen LogP contribution in [0.3, 0.4) is 0 Å². The number of rotatable bonds is 4. The maximum absolute atomic E-state index is 12.8. The topological polar surface area (TPSA) is 144 Å². The molecule has 0 aromatic heterocycles. The number of aromatic carboxylic acids is 1. The lowest BCUT2D eigenvalue weighted by Gasteiger charge is -2.37. The van der Waals surface area contributed by atoms with E-state index in [0.717, 1.165) is 4.90 Å². The van der Waals surface area contributed by atoms with Crippen LogP contribution >= 0.6 is 0 Å². The fourth-order valence-corrected chi connectivity index (χ4v) is 3.17. The summed E-state index contributed by atoms with van der Waals surface area (Å²) in [6, 6.07) is 6.06. The first kappa shape index (κ1) is 18.3. The summed E-state index contributed by atoms with van der Waals surface area (Å²) < 4.78 is 0. The minimum Gasteiger partial charge on any atom is -0.480 e. The Hall–Kier alpha value is -3.46. The summed E-state index contributed by atoms with van der Waals surface area (Å²) in [5.74, 6) is -4.42. The SMILES string of the molecule is O=C(O)c1ccc2cc(C(=O)N3CCN[C@H](C(=O)O)[C@@H]3C(=O)O)ccc2c1. The summed E-state index contributed by atoms with van der Waals surface area (Å²) in [7, 11) is 0. The third-order valence-corrected chi connectivity index (χ3v) is 4.48. The average Bonchev–Trinajstić information content (AvgIpc) is 2.65. The van der Waals surface area contributed by atoms with E-state index in [9.17, 15) is 29.4 Å². The van der Waals surface area contributed by atoms with E-state index in [1.165, 1.54) is 24.3 Å². The van der Waals surface area contributed by atoms with E-state index in [-0.39, 0.29) is 24.2 Å². The van der Waals surface area contributed by atoms with Gasteiger partial charge in [-0.15, -0.1) is 0 Å². The van der Waals surface area contributed by atoms with Crippen LogP contribution in [0.1, 0.15) is 20.7 Å². The molecule has 9 nitrogen and oxygen atoms in total. The predicted octanol–water partition coefficient (Wildman–Crippen LogP) is 0.490. The van der Waals surface area contributed by atoms with Crippen molar-refractivity contribution < 1.29 is 34.5 Å². The van der Waals surface area contributed by atoms with E-state index in [1.807, 2.05) is 0 Å². The van der Waals surface area contributed by atoms with Gasteiger partial charge in [-0.3, -0.25) is 9.59 Å². The van der Waals surface area contributed by atoms with Crippen LogP contribution in [-0.4, -0.2) is 69.2 Å². The van der Waals surface area contributed by atoms with E-state index in [2.05, 4.69) is 5.32 Å². The molecule has 140 valence electrons. The zero-order valence-electron chi connectivity index (χ0n) is 14.0. The molecule has 2 aromatic rings. The van der Waals surface area contributed by atoms with Crippen LogP contribution in [0, 0.1) is 0 Å². The molecule has 1 heterocycles. The van der Waals surface area contributed by atoms with E-state index in [0.29, 0.717) is 10.8 Å². The Morgan fingerprint density at radius 2 is 1.48 bits per heavy atom. The van der Waals surface area contributed by atoms with Crippen LogP contribution in [0.15, 0.2) is 36.4 Å². The van der Waals surface area contributed by atoms with Gasteiger partial charge >= 0.3 is 17.9 Å². The molecule has 1 saturated heterocycles. The van der Waals surface area contributed by atoms with Gasteiger partial charge in [-0.05, 0) is 35.0 Å². The van der Waals surface area contributed by atoms with Gasteiger partial charge in [0.2, 0.25) is 0 Å². The minimum atomic E-state index is -1.53. The molecule has 1 aliphatic rings. The quantitative estimate of drug-likeness (QED) is 0.607. The van der Waals surface area contributed by atoms with Crippen molar-refractivity contribution in [2.75, 3.05) is 13.1 Å². The molecule has 1 amide bonds. The zero-order valence-corrected chi connectivity index (χ0v) is 14.0. The Morgan fingerprint density at radius 3 is 2.04 bits per heavy atom. The molecule has 0 unspecified atom stereocenters. The van der Waals surface area contributed by atoms with Crippen LogP contribution in [0.25, 0.3) is 10.8 Å². The predicted molar refractivity (Wildman–Crippen MR) is 92.8 cm³/mol. The smallest absolute Gasteiger partial charge is 0.335 e. The van der Waals surface area contributed by atoms with Crippen LogP contribution in [0.4, 0.5) is 0 Å². The zero-order chi connectivity index (χ0) is 19.7. The summed E-state index contributed by atoms with van der Waals surface area (Å²) in [6.45, 7) is 0.206. The number of piperazine rings is 1. The number of fused-ring (bicyclic) bond motifs is 1. The Morgan fingerprint density at radius 1 is 0.889 bits per heavy atom. The van der Waals surface area contributed by atoms with Gasteiger partial charge in [-0.25, -0.2) is 9.59 Å². The number of carboxylic acids is 3. The lowest BCUT2D eigenvalue weighted by molar-refractivity contribution is -0.152. The van der Waals surface area contributed by atoms with Crippen molar-refractivity contribution in [3.05, 3.63) is 47.5 Å². The van der Waals surface area contributed by atoms with E-state index >= 15 is 0 Å². The van der Waals surface area contributed by atoms with Gasteiger partial charge in [-0.1, -0.05) is 12.1 Å². The molecule has 27 heavy (non-hydrogen) atoms. The van der Waals surface area contributed by atoms with Gasteiger partial charge < -0.3 is 25.5 Å². The molecular weight excluding hydrogens is 356 g/mol. The Bertz CT molecular complexity index is 956. The van der Waals surface area contributed by atoms with Gasteiger partial charge in [0, 0.05) is 18.7 Å². The molecule has 4 N–H and O–H groups in total. The van der Waals surface area contributed by atoms with Crippen molar-refractivity contribution in [1.82, 2.24) is 10.2 Å². The highest BCUT2D eigenvalue weighted by molar-refractivity contribution is 6.02. The molecule has 0 saturated carbocycles. The largest absolute Gasteiger partial charge is 0.480 e. The third-order valence-electron chi connectivity index (χ3n) is 4.48. The van der Waals surface area contributed by atoms with Gasteiger partial charge in [0.15, 0.2) is 6.04 Å². The number of amides is 1. The average molecular weight is 372 g/mol. The van der Waals surface area contributed by atoms with Crippen LogP contribution in [0.2, 0.25) is 0 Å². The molecule has 0 bridgehead atoms. The monoisotopic (exact) mass is 372 g/mol. The van der Waals surface area contributed by atoms with E-state index < -0.39 is 35.9 Å². The minimum absolute atomic E-state index is 0.0512. The molecule has 1 fully saturated rings. The summed E-state index contributed by atoms with van der Waals surface area (Å²) in [4.78, 5) is 47.8. The molecule has 0 spiro atoms. The van der Waals surface area contributed by atoms with Crippen molar-refractivity contribution >= 4 is 34.6 Å². The Labute approximate surface area is 152 Å². The number of carbonyl (C=O) groups excluding carboxylic acids is 1.